The van der Waals surface area contributed by atoms with Crippen LogP contribution in [-0.2, 0) is 6.61 Å². The summed E-state index contributed by atoms with van der Waals surface area (Å²) in [7, 11) is 0. The number of carbonyl (C=O) groups is 1. The molecule has 0 aromatic heterocycles. The summed E-state index contributed by atoms with van der Waals surface area (Å²) in [4.78, 5) is 12.4. The Balaban J connectivity index is 0.00000225. The number of carbonyl (C=O) groups excluding carboxylic acids is 1. The number of halogens is 1. The van der Waals surface area contributed by atoms with Crippen LogP contribution in [0, 0.1) is 0 Å². The van der Waals surface area contributed by atoms with E-state index in [1.54, 1.807) is 36.4 Å². The molecule has 25 heavy (non-hydrogen) atoms. The Morgan fingerprint density at radius 1 is 0.880 bits per heavy atom. The minimum absolute atomic E-state index is 0. The lowest BCUT2D eigenvalue weighted by atomic mass is 10.2. The van der Waals surface area contributed by atoms with Crippen molar-refractivity contribution < 1.29 is 9.53 Å². The van der Waals surface area contributed by atoms with Gasteiger partial charge in [0.05, 0.1) is 5.69 Å². The maximum atomic E-state index is 12.4. The van der Waals surface area contributed by atoms with Crippen LogP contribution in [0.2, 0.25) is 0 Å². The van der Waals surface area contributed by atoms with Gasteiger partial charge in [-0.1, -0.05) is 54.6 Å². The van der Waals surface area contributed by atoms with Crippen molar-refractivity contribution in [2.45, 2.75) is 6.61 Å². The molecule has 0 spiro atoms. The smallest absolute Gasteiger partial charge is 0.272 e. The fraction of sp³-hybridized carbons (Fsp3) is 0.0500. The number of amides is 1. The standard InChI is InChI=1S/C20H18N2O2.ClH/c21-22(20(23)17-10-5-2-6-11-17)18-12-7-13-19(14-18)24-15-16-8-3-1-4-9-16;/h1-14H,15,21H2;1H. The van der Waals surface area contributed by atoms with Gasteiger partial charge in [-0.25, -0.2) is 10.9 Å². The molecule has 0 radical (unpaired) electrons. The molecule has 0 aliphatic rings. The van der Waals surface area contributed by atoms with Gasteiger partial charge in [0.2, 0.25) is 0 Å². The van der Waals surface area contributed by atoms with Crippen molar-refractivity contribution in [1.29, 1.82) is 0 Å². The van der Waals surface area contributed by atoms with E-state index in [0.717, 1.165) is 10.6 Å². The normalized spacial score (nSPS) is 9.80. The van der Waals surface area contributed by atoms with E-state index in [4.69, 9.17) is 10.6 Å². The van der Waals surface area contributed by atoms with E-state index in [9.17, 15) is 4.79 Å². The zero-order valence-electron chi connectivity index (χ0n) is 13.5. The van der Waals surface area contributed by atoms with Gasteiger partial charge in [0.25, 0.3) is 5.91 Å². The van der Waals surface area contributed by atoms with Gasteiger partial charge >= 0.3 is 0 Å². The zero-order valence-corrected chi connectivity index (χ0v) is 14.4. The van der Waals surface area contributed by atoms with E-state index in [1.165, 1.54) is 0 Å². The zero-order chi connectivity index (χ0) is 16.8. The van der Waals surface area contributed by atoms with Gasteiger partial charge in [0, 0.05) is 11.6 Å². The van der Waals surface area contributed by atoms with Gasteiger partial charge < -0.3 is 4.74 Å². The van der Waals surface area contributed by atoms with Crippen molar-refractivity contribution >= 4 is 24.0 Å². The lowest BCUT2D eigenvalue weighted by Gasteiger charge is -2.17. The number of hydrazine groups is 1. The number of benzene rings is 3. The van der Waals surface area contributed by atoms with Crippen molar-refractivity contribution in [3.63, 3.8) is 0 Å². The molecule has 1 amide bonds. The molecule has 0 saturated carbocycles. The van der Waals surface area contributed by atoms with E-state index >= 15 is 0 Å². The van der Waals surface area contributed by atoms with Crippen LogP contribution in [0.1, 0.15) is 15.9 Å². The monoisotopic (exact) mass is 354 g/mol. The first-order chi connectivity index (χ1) is 11.7. The van der Waals surface area contributed by atoms with E-state index in [0.29, 0.717) is 23.6 Å². The maximum Gasteiger partial charge on any atom is 0.272 e. The summed E-state index contributed by atoms with van der Waals surface area (Å²) in [5.41, 5.74) is 2.19. The third-order valence-corrected chi connectivity index (χ3v) is 3.58. The Morgan fingerprint density at radius 3 is 2.20 bits per heavy atom. The number of ether oxygens (including phenoxy) is 1. The highest BCUT2D eigenvalue weighted by Crippen LogP contribution is 2.21. The SMILES string of the molecule is Cl.NN(C(=O)c1ccccc1)c1cccc(OCc2ccccc2)c1. The molecule has 0 atom stereocenters. The van der Waals surface area contributed by atoms with Gasteiger partial charge in [0.15, 0.2) is 0 Å². The fourth-order valence-corrected chi connectivity index (χ4v) is 2.30. The maximum absolute atomic E-state index is 12.4. The van der Waals surface area contributed by atoms with Gasteiger partial charge in [0.1, 0.15) is 12.4 Å². The molecule has 0 heterocycles. The molecule has 0 aliphatic heterocycles. The number of hydrogen-bond acceptors (Lipinski definition) is 3. The van der Waals surface area contributed by atoms with E-state index in [1.807, 2.05) is 48.5 Å². The Kier molecular flexibility index (Phi) is 6.57. The lowest BCUT2D eigenvalue weighted by Crippen LogP contribution is -2.37. The fourth-order valence-electron chi connectivity index (χ4n) is 2.30. The minimum atomic E-state index is -0.268. The first kappa shape index (κ1) is 18.5. The average Bonchev–Trinajstić information content (AvgIpc) is 2.67. The van der Waals surface area contributed by atoms with Crippen molar-refractivity contribution in [3.8, 4) is 5.75 Å². The van der Waals surface area contributed by atoms with Crippen LogP contribution in [-0.4, -0.2) is 5.91 Å². The van der Waals surface area contributed by atoms with Gasteiger partial charge in [-0.3, -0.25) is 4.79 Å². The van der Waals surface area contributed by atoms with Crippen molar-refractivity contribution in [2.75, 3.05) is 5.01 Å². The van der Waals surface area contributed by atoms with Crippen LogP contribution < -0.4 is 15.6 Å². The molecular formula is C20H19ClN2O2. The number of anilines is 1. The summed E-state index contributed by atoms with van der Waals surface area (Å²) in [6.45, 7) is 0.460. The topological polar surface area (TPSA) is 55.6 Å². The van der Waals surface area contributed by atoms with E-state index in [2.05, 4.69) is 0 Å². The first-order valence-electron chi connectivity index (χ1n) is 7.65. The second-order valence-corrected chi connectivity index (χ2v) is 5.31. The third-order valence-electron chi connectivity index (χ3n) is 3.58. The molecular weight excluding hydrogens is 336 g/mol. The second-order valence-electron chi connectivity index (χ2n) is 5.31. The molecule has 3 aromatic rings. The predicted octanol–water partition coefficient (Wildman–Crippen LogP) is 4.21. The second kappa shape index (κ2) is 8.87. The summed E-state index contributed by atoms with van der Waals surface area (Å²) >= 11 is 0. The Labute approximate surface area is 153 Å². The molecule has 128 valence electrons. The largest absolute Gasteiger partial charge is 0.489 e. The van der Waals surface area contributed by atoms with Crippen LogP contribution in [0.15, 0.2) is 84.9 Å². The Morgan fingerprint density at radius 2 is 1.52 bits per heavy atom. The van der Waals surface area contributed by atoms with Crippen LogP contribution >= 0.6 is 12.4 Å². The quantitative estimate of drug-likeness (QED) is 0.424. The number of rotatable bonds is 5. The van der Waals surface area contributed by atoms with E-state index < -0.39 is 0 Å². The van der Waals surface area contributed by atoms with E-state index in [-0.39, 0.29) is 18.3 Å². The molecule has 0 aliphatic carbocycles. The predicted molar refractivity (Wildman–Crippen MR) is 102 cm³/mol. The summed E-state index contributed by atoms with van der Waals surface area (Å²) in [5, 5.41) is 1.13. The molecule has 3 aromatic carbocycles. The number of hydrogen-bond donors (Lipinski definition) is 1. The highest BCUT2D eigenvalue weighted by molar-refractivity contribution is 6.05. The van der Waals surface area contributed by atoms with Crippen LogP contribution in [0.25, 0.3) is 0 Å². The van der Waals surface area contributed by atoms with Crippen LogP contribution in [0.4, 0.5) is 5.69 Å². The van der Waals surface area contributed by atoms with Gasteiger partial charge in [-0.15, -0.1) is 12.4 Å². The van der Waals surface area contributed by atoms with Crippen molar-refractivity contribution in [1.82, 2.24) is 0 Å². The van der Waals surface area contributed by atoms with Gasteiger partial charge in [-0.2, -0.15) is 0 Å². The first-order valence-corrected chi connectivity index (χ1v) is 7.65. The highest BCUT2D eigenvalue weighted by Gasteiger charge is 2.14. The molecule has 3 rings (SSSR count). The molecule has 0 unspecified atom stereocenters. The molecule has 0 bridgehead atoms. The molecule has 0 saturated heterocycles. The minimum Gasteiger partial charge on any atom is -0.489 e. The Bertz CT molecular complexity index is 810. The lowest BCUT2D eigenvalue weighted by molar-refractivity contribution is 0.0987. The van der Waals surface area contributed by atoms with Crippen molar-refractivity contribution in [3.05, 3.63) is 96.1 Å². The average molecular weight is 355 g/mol. The Hall–Kier alpha value is -2.82. The molecule has 2 N–H and O–H groups in total. The summed E-state index contributed by atoms with van der Waals surface area (Å²) in [6, 6.07) is 26.0. The third kappa shape index (κ3) is 4.83. The summed E-state index contributed by atoms with van der Waals surface area (Å²) in [6.07, 6.45) is 0. The molecule has 4 nitrogen and oxygen atoms in total. The van der Waals surface area contributed by atoms with Crippen molar-refractivity contribution in [2.24, 2.45) is 5.84 Å². The summed E-state index contributed by atoms with van der Waals surface area (Å²) < 4.78 is 5.77. The van der Waals surface area contributed by atoms with Crippen LogP contribution in [0.5, 0.6) is 5.75 Å². The molecule has 5 heteroatoms. The highest BCUT2D eigenvalue weighted by atomic mass is 35.5. The van der Waals surface area contributed by atoms with Gasteiger partial charge in [-0.05, 0) is 29.8 Å². The van der Waals surface area contributed by atoms with Crippen LogP contribution in [0.3, 0.4) is 0 Å². The molecule has 0 fully saturated rings. The summed E-state index contributed by atoms with van der Waals surface area (Å²) in [5.74, 6) is 6.37. The number of nitrogens with zero attached hydrogens (tertiary/aromatic N) is 1. The number of nitrogens with two attached hydrogens (primary N) is 1.